The summed E-state index contributed by atoms with van der Waals surface area (Å²) in [6.45, 7) is 8.95. The lowest BCUT2D eigenvalue weighted by Gasteiger charge is -2.12. The van der Waals surface area contributed by atoms with Gasteiger partial charge in [-0.15, -0.1) is 0 Å². The molecule has 0 amide bonds. The molecule has 82 valence electrons. The van der Waals surface area contributed by atoms with Gasteiger partial charge in [0.25, 0.3) is 0 Å². The fraction of sp³-hybridized carbons (Fsp3) is 0.818. The molecule has 0 aromatic heterocycles. The van der Waals surface area contributed by atoms with Gasteiger partial charge in [0.2, 0.25) is 0 Å². The minimum Gasteiger partial charge on any atom is -0.390 e. The molecule has 2 nitrogen and oxygen atoms in total. The van der Waals surface area contributed by atoms with E-state index >= 15 is 0 Å². The summed E-state index contributed by atoms with van der Waals surface area (Å²) in [5.41, 5.74) is 0.368. The molecule has 0 saturated carbocycles. The van der Waals surface area contributed by atoms with E-state index in [0.29, 0.717) is 5.73 Å². The number of ether oxygens (including phenoxy) is 1. The summed E-state index contributed by atoms with van der Waals surface area (Å²) in [5, 5.41) is 9.80. The third kappa shape index (κ3) is 3.22. The van der Waals surface area contributed by atoms with Gasteiger partial charge in [-0.3, -0.25) is 0 Å². The van der Waals surface area contributed by atoms with E-state index < -0.39 is 8.07 Å². The fourth-order valence-electron chi connectivity index (χ4n) is 1.65. The Hall–Kier alpha value is -0.123. The van der Waals surface area contributed by atoms with Crippen molar-refractivity contribution >= 4 is 8.07 Å². The number of allylic oxidation sites excluding steroid dienone is 1. The molecule has 1 fully saturated rings. The fourth-order valence-corrected chi connectivity index (χ4v) is 3.42. The number of aliphatic hydroxyl groups excluding tert-OH is 1. The molecule has 0 aliphatic carbocycles. The van der Waals surface area contributed by atoms with Crippen molar-refractivity contribution in [3.8, 4) is 0 Å². The largest absolute Gasteiger partial charge is 0.390 e. The first kappa shape index (κ1) is 11.9. The quantitative estimate of drug-likeness (QED) is 0.433. The summed E-state index contributed by atoms with van der Waals surface area (Å²) < 4.78 is 5.55. The first-order valence-corrected chi connectivity index (χ1v) is 9.03. The molecule has 1 aliphatic heterocycles. The third-order valence-electron chi connectivity index (χ3n) is 2.54. The van der Waals surface area contributed by atoms with Crippen LogP contribution in [0.1, 0.15) is 19.8 Å². The van der Waals surface area contributed by atoms with Gasteiger partial charge in [-0.05, 0) is 12.8 Å². The zero-order chi connectivity index (χ0) is 10.8. The minimum absolute atomic E-state index is 0.114. The van der Waals surface area contributed by atoms with E-state index in [1.807, 2.05) is 6.08 Å². The maximum atomic E-state index is 9.80. The van der Waals surface area contributed by atoms with Crippen LogP contribution in [0.5, 0.6) is 0 Å². The molecule has 1 aliphatic rings. The van der Waals surface area contributed by atoms with E-state index in [9.17, 15) is 5.11 Å². The van der Waals surface area contributed by atoms with Crippen LogP contribution >= 0.6 is 0 Å². The molecule has 0 aromatic carbocycles. The minimum atomic E-state index is -1.20. The van der Waals surface area contributed by atoms with Gasteiger partial charge in [-0.25, -0.2) is 0 Å². The molecule has 1 saturated heterocycles. The van der Waals surface area contributed by atoms with Crippen LogP contribution < -0.4 is 0 Å². The van der Waals surface area contributed by atoms with Crippen molar-refractivity contribution in [1.29, 1.82) is 0 Å². The Morgan fingerprint density at radius 2 is 2.00 bits per heavy atom. The SMILES string of the molecule is CC/C=C\C[C@H](O)[C@@H]1O[C@H]1[Si](C)(C)C. The standard InChI is InChI=1S/C11H22O2Si/c1-5-6-7-8-9(12)10-11(13-10)14(2,3)4/h6-7,9-12H,5,8H2,1-4H3/b7-6-/t9-,10-,11-/m0/s1. The number of rotatable bonds is 5. The first-order chi connectivity index (χ1) is 6.46. The van der Waals surface area contributed by atoms with Crippen molar-refractivity contribution < 1.29 is 9.84 Å². The number of hydrogen-bond donors (Lipinski definition) is 1. The van der Waals surface area contributed by atoms with E-state index in [2.05, 4.69) is 32.6 Å². The monoisotopic (exact) mass is 214 g/mol. The van der Waals surface area contributed by atoms with Gasteiger partial charge in [-0.1, -0.05) is 38.7 Å². The van der Waals surface area contributed by atoms with E-state index in [1.54, 1.807) is 0 Å². The molecular weight excluding hydrogens is 192 g/mol. The van der Waals surface area contributed by atoms with E-state index in [4.69, 9.17) is 4.74 Å². The maximum absolute atomic E-state index is 9.80. The summed E-state index contributed by atoms with van der Waals surface area (Å²) >= 11 is 0. The topological polar surface area (TPSA) is 32.8 Å². The summed E-state index contributed by atoms with van der Waals surface area (Å²) in [6, 6.07) is 0. The van der Waals surface area contributed by atoms with E-state index in [0.717, 1.165) is 12.8 Å². The van der Waals surface area contributed by atoms with Crippen molar-refractivity contribution in [3.63, 3.8) is 0 Å². The van der Waals surface area contributed by atoms with Crippen molar-refractivity contribution in [2.75, 3.05) is 0 Å². The van der Waals surface area contributed by atoms with Crippen molar-refractivity contribution in [1.82, 2.24) is 0 Å². The number of hydrogen-bond acceptors (Lipinski definition) is 2. The molecule has 0 aromatic rings. The number of aliphatic hydroxyl groups is 1. The third-order valence-corrected chi connectivity index (χ3v) is 4.71. The Kier molecular flexibility index (Phi) is 3.92. The maximum Gasteiger partial charge on any atom is 0.107 e. The van der Waals surface area contributed by atoms with E-state index in [1.165, 1.54) is 0 Å². The Bertz CT molecular complexity index is 208. The first-order valence-electron chi connectivity index (χ1n) is 5.45. The zero-order valence-electron chi connectivity index (χ0n) is 9.66. The van der Waals surface area contributed by atoms with Gasteiger partial charge >= 0.3 is 0 Å². The van der Waals surface area contributed by atoms with Crippen LogP contribution in [0.25, 0.3) is 0 Å². The summed E-state index contributed by atoms with van der Waals surface area (Å²) in [5.74, 6) is 0. The second-order valence-electron chi connectivity index (χ2n) is 5.07. The Morgan fingerprint density at radius 3 is 2.43 bits per heavy atom. The average molecular weight is 214 g/mol. The molecule has 0 bridgehead atoms. The van der Waals surface area contributed by atoms with Crippen molar-refractivity contribution in [2.24, 2.45) is 0 Å². The van der Waals surface area contributed by atoms with Crippen molar-refractivity contribution in [2.45, 2.75) is 57.3 Å². The molecule has 0 spiro atoms. The van der Waals surface area contributed by atoms with Gasteiger partial charge < -0.3 is 9.84 Å². The summed E-state index contributed by atoms with van der Waals surface area (Å²) in [6.07, 6.45) is 5.73. The molecule has 0 unspecified atom stereocenters. The highest BCUT2D eigenvalue weighted by Crippen LogP contribution is 2.34. The molecule has 3 heteroatoms. The highest BCUT2D eigenvalue weighted by Gasteiger charge is 2.51. The van der Waals surface area contributed by atoms with Gasteiger partial charge in [0.1, 0.15) is 6.10 Å². The Labute approximate surface area is 88.0 Å². The van der Waals surface area contributed by atoms with Gasteiger partial charge in [0, 0.05) is 0 Å². The normalized spacial score (nSPS) is 29.5. The second-order valence-corrected chi connectivity index (χ2v) is 10.4. The lowest BCUT2D eigenvalue weighted by molar-refractivity contribution is 0.138. The molecule has 0 radical (unpaired) electrons. The van der Waals surface area contributed by atoms with Gasteiger partial charge in [0.05, 0.1) is 19.9 Å². The summed E-state index contributed by atoms with van der Waals surface area (Å²) in [7, 11) is -1.20. The Morgan fingerprint density at radius 1 is 1.36 bits per heavy atom. The Balaban J connectivity index is 2.29. The van der Waals surface area contributed by atoms with Crippen LogP contribution in [0, 0.1) is 0 Å². The predicted octanol–water partition coefficient (Wildman–Crippen LogP) is 2.35. The molecule has 3 atom stereocenters. The lowest BCUT2D eigenvalue weighted by atomic mass is 10.2. The van der Waals surface area contributed by atoms with Gasteiger partial charge in [-0.2, -0.15) is 0 Å². The molecule has 1 heterocycles. The highest BCUT2D eigenvalue weighted by molar-refractivity contribution is 6.78. The zero-order valence-corrected chi connectivity index (χ0v) is 10.7. The highest BCUT2D eigenvalue weighted by atomic mass is 28.3. The van der Waals surface area contributed by atoms with Crippen LogP contribution in [0.4, 0.5) is 0 Å². The van der Waals surface area contributed by atoms with Crippen LogP contribution in [-0.4, -0.2) is 31.1 Å². The molecule has 1 N–H and O–H groups in total. The second kappa shape index (κ2) is 4.60. The van der Waals surface area contributed by atoms with E-state index in [-0.39, 0.29) is 12.2 Å². The number of epoxide rings is 1. The summed E-state index contributed by atoms with van der Waals surface area (Å²) in [4.78, 5) is 0. The van der Waals surface area contributed by atoms with Gasteiger partial charge in [0.15, 0.2) is 0 Å². The van der Waals surface area contributed by atoms with Crippen LogP contribution in [-0.2, 0) is 4.74 Å². The molecule has 14 heavy (non-hydrogen) atoms. The van der Waals surface area contributed by atoms with Crippen LogP contribution in [0.3, 0.4) is 0 Å². The molecular formula is C11H22O2Si. The average Bonchev–Trinajstić information content (AvgIpc) is 2.81. The smallest absolute Gasteiger partial charge is 0.107 e. The van der Waals surface area contributed by atoms with Crippen LogP contribution in [0.2, 0.25) is 19.6 Å². The van der Waals surface area contributed by atoms with Crippen molar-refractivity contribution in [3.05, 3.63) is 12.2 Å². The lowest BCUT2D eigenvalue weighted by Crippen LogP contribution is -2.33. The predicted molar refractivity (Wildman–Crippen MR) is 62.1 cm³/mol. The van der Waals surface area contributed by atoms with Crippen LogP contribution in [0.15, 0.2) is 12.2 Å². The molecule has 1 rings (SSSR count).